The van der Waals surface area contributed by atoms with Gasteiger partial charge in [-0.1, -0.05) is 17.7 Å². The molecule has 1 aliphatic rings. The van der Waals surface area contributed by atoms with Gasteiger partial charge >= 0.3 is 5.69 Å². The monoisotopic (exact) mass is 338 g/mol. The minimum Gasteiger partial charge on any atom is -0.360 e. The van der Waals surface area contributed by atoms with Crippen LogP contribution in [0.1, 0.15) is 12.8 Å². The molecule has 0 aliphatic heterocycles. The van der Waals surface area contributed by atoms with Gasteiger partial charge in [0.2, 0.25) is 0 Å². The van der Waals surface area contributed by atoms with Gasteiger partial charge in [0.05, 0.1) is 22.9 Å². The van der Waals surface area contributed by atoms with Gasteiger partial charge in [-0.2, -0.15) is 4.98 Å². The number of rotatable bonds is 4. The zero-order valence-corrected chi connectivity index (χ0v) is 13.6. The zero-order valence-electron chi connectivity index (χ0n) is 12.9. The standard InChI is InChI=1S/C18H15ClN4O/c1-2-18(7-8-18)22-16-14-6-5-12(19)10-15(14)23(17(24)21-16)13-4-3-9-20-11-13/h2-6,9-11H,1,7-8H2,(H,21,22,24). The molecule has 1 fully saturated rings. The van der Waals surface area contributed by atoms with Crippen molar-refractivity contribution in [3.8, 4) is 5.69 Å². The molecule has 0 saturated heterocycles. The second-order valence-corrected chi connectivity index (χ2v) is 6.37. The molecule has 0 atom stereocenters. The van der Waals surface area contributed by atoms with Crippen molar-refractivity contribution in [2.45, 2.75) is 18.4 Å². The molecule has 2 aromatic heterocycles. The highest BCUT2D eigenvalue weighted by atomic mass is 35.5. The predicted molar refractivity (Wildman–Crippen MR) is 95.9 cm³/mol. The Morgan fingerprint density at radius 1 is 1.33 bits per heavy atom. The third kappa shape index (κ3) is 2.47. The van der Waals surface area contributed by atoms with Crippen LogP contribution < -0.4 is 11.0 Å². The Hall–Kier alpha value is -2.66. The first kappa shape index (κ1) is 14.9. The smallest absolute Gasteiger partial charge is 0.354 e. The largest absolute Gasteiger partial charge is 0.360 e. The molecule has 24 heavy (non-hydrogen) atoms. The number of anilines is 1. The summed E-state index contributed by atoms with van der Waals surface area (Å²) in [6.07, 6.45) is 7.14. The van der Waals surface area contributed by atoms with Crippen LogP contribution >= 0.6 is 11.6 Å². The maximum Gasteiger partial charge on any atom is 0.354 e. The van der Waals surface area contributed by atoms with E-state index in [0.717, 1.165) is 18.2 Å². The summed E-state index contributed by atoms with van der Waals surface area (Å²) in [7, 11) is 0. The number of hydrogen-bond acceptors (Lipinski definition) is 4. The number of benzene rings is 1. The normalized spacial score (nSPS) is 15.2. The summed E-state index contributed by atoms with van der Waals surface area (Å²) in [5.74, 6) is 0.559. The molecule has 0 unspecified atom stereocenters. The molecule has 2 heterocycles. The topological polar surface area (TPSA) is 59.8 Å². The summed E-state index contributed by atoms with van der Waals surface area (Å²) >= 11 is 6.17. The Labute approximate surface area is 143 Å². The van der Waals surface area contributed by atoms with E-state index in [-0.39, 0.29) is 11.2 Å². The van der Waals surface area contributed by atoms with Crippen LogP contribution in [0.5, 0.6) is 0 Å². The number of hydrogen-bond donors (Lipinski definition) is 1. The summed E-state index contributed by atoms with van der Waals surface area (Å²) in [5, 5.41) is 4.75. The van der Waals surface area contributed by atoms with Gasteiger partial charge in [0.15, 0.2) is 0 Å². The second-order valence-electron chi connectivity index (χ2n) is 5.94. The highest BCUT2D eigenvalue weighted by Crippen LogP contribution is 2.40. The van der Waals surface area contributed by atoms with E-state index in [0.29, 0.717) is 22.0 Å². The van der Waals surface area contributed by atoms with E-state index in [1.165, 1.54) is 4.57 Å². The van der Waals surface area contributed by atoms with Gasteiger partial charge in [-0.25, -0.2) is 4.79 Å². The van der Waals surface area contributed by atoms with Gasteiger partial charge in [-0.3, -0.25) is 9.55 Å². The summed E-state index contributed by atoms with van der Waals surface area (Å²) in [5.41, 5.74) is 0.809. The predicted octanol–water partition coefficient (Wildman–Crippen LogP) is 3.56. The molecule has 4 rings (SSSR count). The van der Waals surface area contributed by atoms with E-state index >= 15 is 0 Å². The number of nitrogens with zero attached hydrogens (tertiary/aromatic N) is 3. The second kappa shape index (κ2) is 5.46. The Bertz CT molecular complexity index is 993. The van der Waals surface area contributed by atoms with E-state index in [9.17, 15) is 4.79 Å². The zero-order chi connectivity index (χ0) is 16.7. The van der Waals surface area contributed by atoms with Gasteiger partial charge in [0.1, 0.15) is 5.82 Å². The molecular formula is C18H15ClN4O. The Balaban J connectivity index is 1.98. The van der Waals surface area contributed by atoms with Crippen molar-refractivity contribution in [1.82, 2.24) is 14.5 Å². The van der Waals surface area contributed by atoms with Crippen molar-refractivity contribution in [3.63, 3.8) is 0 Å². The van der Waals surface area contributed by atoms with Crippen molar-refractivity contribution in [2.24, 2.45) is 0 Å². The van der Waals surface area contributed by atoms with Crippen LogP contribution in [0, 0.1) is 0 Å². The third-order valence-electron chi connectivity index (χ3n) is 4.31. The molecular weight excluding hydrogens is 324 g/mol. The van der Waals surface area contributed by atoms with Crippen molar-refractivity contribution in [3.05, 3.63) is 70.9 Å². The van der Waals surface area contributed by atoms with Crippen molar-refractivity contribution < 1.29 is 0 Å². The van der Waals surface area contributed by atoms with E-state index in [2.05, 4.69) is 21.9 Å². The molecule has 0 amide bonds. The number of fused-ring (bicyclic) bond motifs is 1. The minimum atomic E-state index is -0.375. The summed E-state index contributed by atoms with van der Waals surface area (Å²) in [6.45, 7) is 3.87. The van der Waals surface area contributed by atoms with E-state index < -0.39 is 0 Å². The minimum absolute atomic E-state index is 0.160. The molecule has 1 N–H and O–H groups in total. The molecule has 0 spiro atoms. The van der Waals surface area contributed by atoms with E-state index in [4.69, 9.17) is 11.6 Å². The van der Waals surface area contributed by atoms with Crippen LogP contribution in [0.25, 0.3) is 16.6 Å². The molecule has 120 valence electrons. The van der Waals surface area contributed by atoms with E-state index in [1.54, 1.807) is 30.6 Å². The molecule has 1 aliphatic carbocycles. The Morgan fingerprint density at radius 2 is 2.17 bits per heavy atom. The maximum absolute atomic E-state index is 12.7. The van der Waals surface area contributed by atoms with Crippen LogP contribution in [-0.2, 0) is 0 Å². The van der Waals surface area contributed by atoms with Crippen molar-refractivity contribution in [1.29, 1.82) is 0 Å². The first-order chi connectivity index (χ1) is 11.6. The van der Waals surface area contributed by atoms with Crippen molar-refractivity contribution in [2.75, 3.05) is 5.32 Å². The molecule has 1 saturated carbocycles. The lowest BCUT2D eigenvalue weighted by Gasteiger charge is -2.17. The SMILES string of the molecule is C=CC1(Nc2nc(=O)n(-c3cccnc3)c3cc(Cl)ccc23)CC1. The Morgan fingerprint density at radius 3 is 2.83 bits per heavy atom. The fourth-order valence-corrected chi connectivity index (χ4v) is 2.95. The lowest BCUT2D eigenvalue weighted by atomic mass is 10.2. The average Bonchev–Trinajstić information content (AvgIpc) is 3.35. The molecule has 0 bridgehead atoms. The number of nitrogens with one attached hydrogen (secondary N) is 1. The third-order valence-corrected chi connectivity index (χ3v) is 4.54. The molecule has 6 heteroatoms. The summed E-state index contributed by atoms with van der Waals surface area (Å²) < 4.78 is 1.52. The van der Waals surface area contributed by atoms with Gasteiger partial charge in [-0.15, -0.1) is 6.58 Å². The van der Waals surface area contributed by atoms with Crippen molar-refractivity contribution >= 4 is 28.3 Å². The van der Waals surface area contributed by atoms with Gasteiger partial charge in [-0.05, 0) is 43.2 Å². The maximum atomic E-state index is 12.7. The first-order valence-electron chi connectivity index (χ1n) is 7.66. The van der Waals surface area contributed by atoms with Crippen LogP contribution in [0.15, 0.2) is 60.2 Å². The lowest BCUT2D eigenvalue weighted by molar-refractivity contribution is 0.896. The summed E-state index contributed by atoms with van der Waals surface area (Å²) in [4.78, 5) is 21.0. The highest BCUT2D eigenvalue weighted by molar-refractivity contribution is 6.31. The first-order valence-corrected chi connectivity index (χ1v) is 8.04. The van der Waals surface area contributed by atoms with Crippen LogP contribution in [0.3, 0.4) is 0 Å². The van der Waals surface area contributed by atoms with Crippen LogP contribution in [0.4, 0.5) is 5.82 Å². The highest BCUT2D eigenvalue weighted by Gasteiger charge is 2.40. The molecule has 0 radical (unpaired) electrons. The average molecular weight is 339 g/mol. The quantitative estimate of drug-likeness (QED) is 0.739. The molecule has 5 nitrogen and oxygen atoms in total. The van der Waals surface area contributed by atoms with Gasteiger partial charge in [0, 0.05) is 16.6 Å². The molecule has 1 aromatic carbocycles. The Kier molecular flexibility index (Phi) is 3.39. The summed E-state index contributed by atoms with van der Waals surface area (Å²) in [6, 6.07) is 9.03. The fourth-order valence-electron chi connectivity index (χ4n) is 2.78. The van der Waals surface area contributed by atoms with Crippen LogP contribution in [-0.4, -0.2) is 20.1 Å². The number of pyridine rings is 1. The molecule has 3 aromatic rings. The van der Waals surface area contributed by atoms with E-state index in [1.807, 2.05) is 18.2 Å². The van der Waals surface area contributed by atoms with Gasteiger partial charge in [0.25, 0.3) is 0 Å². The number of halogens is 1. The number of aromatic nitrogens is 3. The fraction of sp³-hybridized carbons (Fsp3) is 0.167. The van der Waals surface area contributed by atoms with Crippen LogP contribution in [0.2, 0.25) is 5.02 Å². The lowest BCUT2D eigenvalue weighted by Crippen LogP contribution is -2.26. The van der Waals surface area contributed by atoms with Gasteiger partial charge < -0.3 is 5.32 Å².